The SMILES string of the molecule is Cc1cc(F)cc(-n2cncc2[C@@H](C)N)c1. The molecule has 16 heavy (non-hydrogen) atoms. The average Bonchev–Trinajstić information content (AvgIpc) is 2.63. The van der Waals surface area contributed by atoms with Crippen LogP contribution in [0.1, 0.15) is 24.2 Å². The molecule has 0 fully saturated rings. The monoisotopic (exact) mass is 219 g/mol. The molecule has 1 aromatic heterocycles. The number of hydrogen-bond donors (Lipinski definition) is 1. The summed E-state index contributed by atoms with van der Waals surface area (Å²) in [5, 5.41) is 0. The van der Waals surface area contributed by atoms with E-state index >= 15 is 0 Å². The third-order valence-electron chi connectivity index (χ3n) is 2.44. The van der Waals surface area contributed by atoms with E-state index < -0.39 is 0 Å². The van der Waals surface area contributed by atoms with E-state index in [1.165, 1.54) is 12.1 Å². The molecular weight excluding hydrogens is 205 g/mol. The first kappa shape index (κ1) is 10.8. The van der Waals surface area contributed by atoms with E-state index in [-0.39, 0.29) is 11.9 Å². The van der Waals surface area contributed by atoms with Crippen molar-refractivity contribution in [2.75, 3.05) is 0 Å². The Labute approximate surface area is 93.7 Å². The zero-order chi connectivity index (χ0) is 11.7. The molecule has 0 radical (unpaired) electrons. The van der Waals surface area contributed by atoms with Crippen molar-refractivity contribution in [3.05, 3.63) is 47.8 Å². The Balaban J connectivity index is 2.54. The molecule has 0 bridgehead atoms. The lowest BCUT2D eigenvalue weighted by Crippen LogP contribution is -2.10. The van der Waals surface area contributed by atoms with Gasteiger partial charge in [0.25, 0.3) is 0 Å². The van der Waals surface area contributed by atoms with Crippen molar-refractivity contribution in [2.24, 2.45) is 5.73 Å². The summed E-state index contributed by atoms with van der Waals surface area (Å²) in [6, 6.07) is 4.73. The summed E-state index contributed by atoms with van der Waals surface area (Å²) < 4.78 is 15.1. The molecule has 2 N–H and O–H groups in total. The maximum absolute atomic E-state index is 13.3. The van der Waals surface area contributed by atoms with Gasteiger partial charge >= 0.3 is 0 Å². The fourth-order valence-corrected chi connectivity index (χ4v) is 1.71. The van der Waals surface area contributed by atoms with Crippen LogP contribution in [0.25, 0.3) is 5.69 Å². The number of nitrogens with zero attached hydrogens (tertiary/aromatic N) is 2. The lowest BCUT2D eigenvalue weighted by atomic mass is 10.2. The second-order valence-electron chi connectivity index (χ2n) is 3.96. The minimum Gasteiger partial charge on any atom is -0.323 e. The molecule has 1 aromatic carbocycles. The average molecular weight is 219 g/mol. The molecule has 2 aromatic rings. The number of nitrogens with two attached hydrogens (primary N) is 1. The molecule has 3 nitrogen and oxygen atoms in total. The zero-order valence-electron chi connectivity index (χ0n) is 9.31. The van der Waals surface area contributed by atoms with Gasteiger partial charge in [-0.2, -0.15) is 0 Å². The lowest BCUT2D eigenvalue weighted by Gasteiger charge is -2.11. The van der Waals surface area contributed by atoms with Gasteiger partial charge in [-0.25, -0.2) is 9.37 Å². The van der Waals surface area contributed by atoms with Gasteiger partial charge in [-0.1, -0.05) is 0 Å². The number of halogens is 1. The fourth-order valence-electron chi connectivity index (χ4n) is 1.71. The lowest BCUT2D eigenvalue weighted by molar-refractivity contribution is 0.624. The highest BCUT2D eigenvalue weighted by molar-refractivity contribution is 5.38. The van der Waals surface area contributed by atoms with Gasteiger partial charge in [-0.15, -0.1) is 0 Å². The topological polar surface area (TPSA) is 43.8 Å². The van der Waals surface area contributed by atoms with Crippen molar-refractivity contribution in [1.82, 2.24) is 9.55 Å². The molecule has 0 aliphatic heterocycles. The van der Waals surface area contributed by atoms with E-state index in [9.17, 15) is 4.39 Å². The highest BCUT2D eigenvalue weighted by Gasteiger charge is 2.09. The van der Waals surface area contributed by atoms with E-state index in [0.29, 0.717) is 0 Å². The number of benzene rings is 1. The molecule has 0 unspecified atom stereocenters. The predicted octanol–water partition coefficient (Wildman–Crippen LogP) is 2.34. The van der Waals surface area contributed by atoms with Crippen LogP contribution in [0.4, 0.5) is 4.39 Å². The normalized spacial score (nSPS) is 12.8. The molecule has 4 heteroatoms. The van der Waals surface area contributed by atoms with E-state index in [0.717, 1.165) is 16.9 Å². The van der Waals surface area contributed by atoms with Crippen LogP contribution in [0.2, 0.25) is 0 Å². The minimum atomic E-state index is -0.251. The first-order valence-electron chi connectivity index (χ1n) is 5.13. The minimum absolute atomic E-state index is 0.133. The first-order valence-corrected chi connectivity index (χ1v) is 5.13. The van der Waals surface area contributed by atoms with Crippen molar-refractivity contribution in [1.29, 1.82) is 0 Å². The van der Waals surface area contributed by atoms with Gasteiger partial charge in [0.15, 0.2) is 0 Å². The second kappa shape index (κ2) is 4.06. The van der Waals surface area contributed by atoms with Crippen molar-refractivity contribution >= 4 is 0 Å². The number of rotatable bonds is 2. The molecule has 0 aliphatic rings. The Morgan fingerprint density at radius 3 is 2.75 bits per heavy atom. The van der Waals surface area contributed by atoms with Crippen LogP contribution >= 0.6 is 0 Å². The molecule has 0 amide bonds. The summed E-state index contributed by atoms with van der Waals surface area (Å²) >= 11 is 0. The van der Waals surface area contributed by atoms with E-state index in [4.69, 9.17) is 5.73 Å². The Hall–Kier alpha value is -1.68. The Morgan fingerprint density at radius 1 is 1.38 bits per heavy atom. The summed E-state index contributed by atoms with van der Waals surface area (Å²) in [5.74, 6) is -0.251. The molecule has 1 heterocycles. The molecule has 84 valence electrons. The number of imidazole rings is 1. The highest BCUT2D eigenvalue weighted by atomic mass is 19.1. The van der Waals surface area contributed by atoms with Gasteiger partial charge in [-0.05, 0) is 37.6 Å². The summed E-state index contributed by atoms with van der Waals surface area (Å²) in [5.41, 5.74) is 8.31. The van der Waals surface area contributed by atoms with Gasteiger partial charge in [0, 0.05) is 11.7 Å². The molecule has 0 aliphatic carbocycles. The number of hydrogen-bond acceptors (Lipinski definition) is 2. The van der Waals surface area contributed by atoms with Crippen LogP contribution in [0, 0.1) is 12.7 Å². The largest absolute Gasteiger partial charge is 0.323 e. The maximum atomic E-state index is 13.3. The third-order valence-corrected chi connectivity index (χ3v) is 2.44. The van der Waals surface area contributed by atoms with Gasteiger partial charge in [-0.3, -0.25) is 0 Å². The highest BCUT2D eigenvalue weighted by Crippen LogP contribution is 2.18. The first-order chi connectivity index (χ1) is 7.58. The molecular formula is C12H14FN3. The van der Waals surface area contributed by atoms with Gasteiger partial charge < -0.3 is 10.3 Å². The molecule has 2 rings (SSSR count). The quantitative estimate of drug-likeness (QED) is 0.842. The van der Waals surface area contributed by atoms with Gasteiger partial charge in [0.1, 0.15) is 5.82 Å². The van der Waals surface area contributed by atoms with Crippen LogP contribution in [0.15, 0.2) is 30.7 Å². The summed E-state index contributed by atoms with van der Waals surface area (Å²) in [7, 11) is 0. The standard InChI is InChI=1S/C12H14FN3/c1-8-3-10(13)5-11(4-8)16-7-15-6-12(16)9(2)14/h3-7,9H,14H2,1-2H3/t9-/m1/s1. The van der Waals surface area contributed by atoms with E-state index in [1.807, 2.05) is 19.9 Å². The molecule has 0 saturated carbocycles. The Morgan fingerprint density at radius 2 is 2.12 bits per heavy atom. The fraction of sp³-hybridized carbons (Fsp3) is 0.250. The Kier molecular flexibility index (Phi) is 2.75. The van der Waals surface area contributed by atoms with Crippen molar-refractivity contribution in [3.63, 3.8) is 0 Å². The Bertz CT molecular complexity index is 482. The second-order valence-corrected chi connectivity index (χ2v) is 3.96. The smallest absolute Gasteiger partial charge is 0.125 e. The van der Waals surface area contributed by atoms with Crippen LogP contribution in [0.5, 0.6) is 0 Å². The molecule has 0 spiro atoms. The van der Waals surface area contributed by atoms with E-state index in [2.05, 4.69) is 4.98 Å². The summed E-state index contributed by atoms with van der Waals surface area (Å²) in [4.78, 5) is 4.04. The van der Waals surface area contributed by atoms with Crippen molar-refractivity contribution < 1.29 is 4.39 Å². The van der Waals surface area contributed by atoms with E-state index in [1.54, 1.807) is 17.1 Å². The van der Waals surface area contributed by atoms with Crippen LogP contribution < -0.4 is 5.73 Å². The summed E-state index contributed by atoms with van der Waals surface area (Å²) in [6.45, 7) is 3.73. The molecule has 1 atom stereocenters. The van der Waals surface area contributed by atoms with Crippen LogP contribution in [-0.2, 0) is 0 Å². The molecule has 0 saturated heterocycles. The summed E-state index contributed by atoms with van der Waals surface area (Å²) in [6.07, 6.45) is 3.35. The maximum Gasteiger partial charge on any atom is 0.125 e. The third kappa shape index (κ3) is 1.97. The van der Waals surface area contributed by atoms with Crippen molar-refractivity contribution in [3.8, 4) is 5.69 Å². The van der Waals surface area contributed by atoms with Crippen molar-refractivity contribution in [2.45, 2.75) is 19.9 Å². The van der Waals surface area contributed by atoms with Gasteiger partial charge in [0.2, 0.25) is 0 Å². The zero-order valence-corrected chi connectivity index (χ0v) is 9.31. The number of aromatic nitrogens is 2. The van der Waals surface area contributed by atoms with Crippen LogP contribution in [-0.4, -0.2) is 9.55 Å². The predicted molar refractivity (Wildman–Crippen MR) is 60.9 cm³/mol. The van der Waals surface area contributed by atoms with Gasteiger partial charge in [0.05, 0.1) is 18.2 Å². The van der Waals surface area contributed by atoms with Crippen LogP contribution in [0.3, 0.4) is 0 Å². The number of aryl methyl sites for hydroxylation is 1.